The smallest absolute Gasteiger partial charge is 0.307 e. The van der Waals surface area contributed by atoms with E-state index in [1.54, 1.807) is 0 Å². The molecule has 182 valence electrons. The van der Waals surface area contributed by atoms with Crippen molar-refractivity contribution < 1.29 is 24.2 Å². The van der Waals surface area contributed by atoms with E-state index in [0.29, 0.717) is 50.5 Å². The highest BCUT2D eigenvalue weighted by Crippen LogP contribution is 2.29. The lowest BCUT2D eigenvalue weighted by molar-refractivity contribution is -0.148. The van der Waals surface area contributed by atoms with Crippen LogP contribution in [-0.4, -0.2) is 60.9 Å². The highest BCUT2D eigenvalue weighted by Gasteiger charge is 2.24. The van der Waals surface area contributed by atoms with E-state index in [0.717, 1.165) is 51.5 Å². The molecule has 0 radical (unpaired) electrons. The number of aliphatic hydroxyl groups is 1. The van der Waals surface area contributed by atoms with Gasteiger partial charge < -0.3 is 19.5 Å². The summed E-state index contributed by atoms with van der Waals surface area (Å²) in [7, 11) is 0. The average Bonchev–Trinajstić information content (AvgIpc) is 2.71. The van der Waals surface area contributed by atoms with Crippen molar-refractivity contribution in [3.05, 3.63) is 0 Å². The van der Waals surface area contributed by atoms with Crippen LogP contribution in [0.2, 0.25) is 0 Å². The van der Waals surface area contributed by atoms with Crippen LogP contribution in [0.5, 0.6) is 0 Å². The Balaban J connectivity index is 2.16. The standard InChI is InChI=1S/C25H47NO5/c1-20(2)26(15-6-7-17-27)16-13-24(29)31-19-22-10-8-21(9-11-22)18-30-23(28)12-14-25(3,4)5/h20-22,27H,6-19H2,1-5H3. The van der Waals surface area contributed by atoms with Crippen LogP contribution in [0, 0.1) is 17.3 Å². The van der Waals surface area contributed by atoms with Crippen molar-refractivity contribution in [2.75, 3.05) is 32.9 Å². The third-order valence-electron chi connectivity index (χ3n) is 6.19. The second-order valence-corrected chi connectivity index (χ2v) is 10.6. The topological polar surface area (TPSA) is 76.1 Å². The first-order chi connectivity index (χ1) is 14.6. The van der Waals surface area contributed by atoms with Gasteiger partial charge in [0.15, 0.2) is 0 Å². The van der Waals surface area contributed by atoms with Crippen LogP contribution in [0.4, 0.5) is 0 Å². The minimum atomic E-state index is -0.122. The number of hydrogen-bond donors (Lipinski definition) is 1. The Bertz CT molecular complexity index is 507. The van der Waals surface area contributed by atoms with Gasteiger partial charge in [-0.1, -0.05) is 20.8 Å². The molecule has 1 aliphatic carbocycles. The van der Waals surface area contributed by atoms with Crippen molar-refractivity contribution in [3.8, 4) is 0 Å². The molecule has 1 aliphatic rings. The normalized spacial score (nSPS) is 19.6. The molecule has 6 heteroatoms. The fraction of sp³-hybridized carbons (Fsp3) is 0.920. The molecule has 1 saturated carbocycles. The molecule has 0 saturated heterocycles. The predicted octanol–water partition coefficient (Wildman–Crippen LogP) is 4.58. The lowest BCUT2D eigenvalue weighted by atomic mass is 9.83. The number of nitrogens with zero attached hydrogens (tertiary/aromatic N) is 1. The van der Waals surface area contributed by atoms with Gasteiger partial charge in [0.05, 0.1) is 19.6 Å². The molecule has 1 rings (SSSR count). The van der Waals surface area contributed by atoms with Crippen LogP contribution in [0.3, 0.4) is 0 Å². The van der Waals surface area contributed by atoms with E-state index in [1.165, 1.54) is 0 Å². The Hall–Kier alpha value is -1.14. The lowest BCUT2D eigenvalue weighted by Crippen LogP contribution is -2.34. The Kier molecular flexibility index (Phi) is 13.3. The molecular formula is C25H47NO5. The van der Waals surface area contributed by atoms with Crippen molar-refractivity contribution in [2.45, 2.75) is 98.4 Å². The van der Waals surface area contributed by atoms with Crippen LogP contribution in [0.15, 0.2) is 0 Å². The Morgan fingerprint density at radius 2 is 1.42 bits per heavy atom. The van der Waals surface area contributed by atoms with Crippen molar-refractivity contribution in [3.63, 3.8) is 0 Å². The zero-order valence-electron chi connectivity index (χ0n) is 20.7. The Labute approximate surface area is 190 Å². The van der Waals surface area contributed by atoms with E-state index in [2.05, 4.69) is 39.5 Å². The van der Waals surface area contributed by atoms with Crippen LogP contribution in [-0.2, 0) is 19.1 Å². The van der Waals surface area contributed by atoms with Crippen LogP contribution >= 0.6 is 0 Å². The molecule has 0 aromatic heterocycles. The maximum Gasteiger partial charge on any atom is 0.307 e. The summed E-state index contributed by atoms with van der Waals surface area (Å²) >= 11 is 0. The van der Waals surface area contributed by atoms with Crippen molar-refractivity contribution in [1.29, 1.82) is 0 Å². The molecule has 0 unspecified atom stereocenters. The number of unbranched alkanes of at least 4 members (excludes halogenated alkanes) is 1. The molecule has 6 nitrogen and oxygen atoms in total. The molecule has 0 spiro atoms. The van der Waals surface area contributed by atoms with Gasteiger partial charge in [-0.2, -0.15) is 0 Å². The Morgan fingerprint density at radius 1 is 0.903 bits per heavy atom. The quantitative estimate of drug-likeness (QED) is 0.314. The molecule has 1 fully saturated rings. The largest absolute Gasteiger partial charge is 0.465 e. The third-order valence-corrected chi connectivity index (χ3v) is 6.19. The van der Waals surface area contributed by atoms with Gasteiger partial charge in [0.25, 0.3) is 0 Å². The predicted molar refractivity (Wildman–Crippen MR) is 124 cm³/mol. The number of hydrogen-bond acceptors (Lipinski definition) is 6. The lowest BCUT2D eigenvalue weighted by Gasteiger charge is -2.28. The van der Waals surface area contributed by atoms with E-state index in [4.69, 9.17) is 14.6 Å². The minimum absolute atomic E-state index is 0.0854. The maximum atomic E-state index is 12.2. The number of carbonyl (C=O) groups excluding carboxylic acids is 2. The summed E-state index contributed by atoms with van der Waals surface area (Å²) in [5, 5.41) is 8.93. The summed E-state index contributed by atoms with van der Waals surface area (Å²) in [5.74, 6) is 0.645. The SMILES string of the molecule is CC(C)N(CCCCO)CCC(=O)OCC1CCC(COC(=O)CCC(C)(C)C)CC1. The second kappa shape index (κ2) is 14.8. The fourth-order valence-electron chi connectivity index (χ4n) is 3.90. The van der Waals surface area contributed by atoms with Crippen molar-refractivity contribution >= 4 is 11.9 Å². The summed E-state index contributed by atoms with van der Waals surface area (Å²) in [6.07, 6.45) is 7.60. The van der Waals surface area contributed by atoms with Gasteiger partial charge in [-0.15, -0.1) is 0 Å². The van der Waals surface area contributed by atoms with Gasteiger partial charge in [-0.05, 0) is 82.6 Å². The molecule has 1 N–H and O–H groups in total. The first-order valence-electron chi connectivity index (χ1n) is 12.3. The summed E-state index contributed by atoms with van der Waals surface area (Å²) in [4.78, 5) is 26.3. The second-order valence-electron chi connectivity index (χ2n) is 10.6. The first kappa shape index (κ1) is 27.9. The molecule has 0 heterocycles. The molecule has 0 aliphatic heterocycles. The summed E-state index contributed by atoms with van der Waals surface area (Å²) in [6, 6.07) is 0.379. The van der Waals surface area contributed by atoms with E-state index in [1.807, 2.05) is 0 Å². The Morgan fingerprint density at radius 3 is 1.87 bits per heavy atom. The van der Waals surface area contributed by atoms with Gasteiger partial charge in [0.1, 0.15) is 0 Å². The highest BCUT2D eigenvalue weighted by molar-refractivity contribution is 5.69. The van der Waals surface area contributed by atoms with Crippen molar-refractivity contribution in [2.24, 2.45) is 17.3 Å². The monoisotopic (exact) mass is 441 g/mol. The number of carbonyl (C=O) groups is 2. The van der Waals surface area contributed by atoms with E-state index < -0.39 is 0 Å². The zero-order valence-corrected chi connectivity index (χ0v) is 20.7. The first-order valence-corrected chi connectivity index (χ1v) is 12.3. The summed E-state index contributed by atoms with van der Waals surface area (Å²) < 4.78 is 11.0. The van der Waals surface area contributed by atoms with E-state index in [-0.39, 0.29) is 24.0 Å². The number of esters is 2. The fourth-order valence-corrected chi connectivity index (χ4v) is 3.90. The molecule has 31 heavy (non-hydrogen) atoms. The van der Waals surface area contributed by atoms with Gasteiger partial charge in [0, 0.05) is 25.6 Å². The molecule has 0 aromatic rings. The molecule has 0 amide bonds. The van der Waals surface area contributed by atoms with Crippen LogP contribution < -0.4 is 0 Å². The number of ether oxygens (including phenoxy) is 2. The average molecular weight is 442 g/mol. The summed E-state index contributed by atoms with van der Waals surface area (Å²) in [6.45, 7) is 13.5. The van der Waals surface area contributed by atoms with Gasteiger partial charge in [-0.3, -0.25) is 9.59 Å². The van der Waals surface area contributed by atoms with Gasteiger partial charge >= 0.3 is 11.9 Å². The van der Waals surface area contributed by atoms with Gasteiger partial charge in [-0.25, -0.2) is 0 Å². The molecule has 0 atom stereocenters. The van der Waals surface area contributed by atoms with Crippen LogP contribution in [0.1, 0.15) is 92.4 Å². The molecule has 0 bridgehead atoms. The minimum Gasteiger partial charge on any atom is -0.465 e. The highest BCUT2D eigenvalue weighted by atomic mass is 16.5. The van der Waals surface area contributed by atoms with E-state index >= 15 is 0 Å². The summed E-state index contributed by atoms with van der Waals surface area (Å²) in [5.41, 5.74) is 0.154. The third kappa shape index (κ3) is 13.8. The van der Waals surface area contributed by atoms with Crippen molar-refractivity contribution in [1.82, 2.24) is 4.90 Å². The van der Waals surface area contributed by atoms with Gasteiger partial charge in [0.2, 0.25) is 0 Å². The molecular weight excluding hydrogens is 394 g/mol. The van der Waals surface area contributed by atoms with E-state index in [9.17, 15) is 9.59 Å². The zero-order chi connectivity index (χ0) is 23.3. The maximum absolute atomic E-state index is 12.2. The molecule has 0 aromatic carbocycles. The van der Waals surface area contributed by atoms with Crippen LogP contribution in [0.25, 0.3) is 0 Å². The number of rotatable bonds is 14. The number of aliphatic hydroxyl groups excluding tert-OH is 1.